The van der Waals surface area contributed by atoms with E-state index in [0.717, 1.165) is 5.75 Å². The van der Waals surface area contributed by atoms with Crippen LogP contribution in [0.1, 0.15) is 31.9 Å². The van der Waals surface area contributed by atoms with Gasteiger partial charge in [0.25, 0.3) is 0 Å². The van der Waals surface area contributed by atoms with Crippen LogP contribution in [-0.4, -0.2) is 6.61 Å². The minimum absolute atomic E-state index is 0.105. The van der Waals surface area contributed by atoms with E-state index >= 15 is 0 Å². The van der Waals surface area contributed by atoms with Crippen LogP contribution in [0.3, 0.4) is 0 Å². The lowest BCUT2D eigenvalue weighted by molar-refractivity contribution is 0.367. The zero-order valence-electron chi connectivity index (χ0n) is 9.79. The molecule has 0 amide bonds. The van der Waals surface area contributed by atoms with Crippen LogP contribution in [0.25, 0.3) is 0 Å². The second-order valence-electron chi connectivity index (χ2n) is 4.67. The van der Waals surface area contributed by atoms with E-state index in [9.17, 15) is 0 Å². The Hall–Kier alpha value is -1.49. The van der Waals surface area contributed by atoms with Gasteiger partial charge >= 0.3 is 0 Å². The Labute approximate surface area is 91.5 Å². The summed E-state index contributed by atoms with van der Waals surface area (Å²) in [6, 6.07) is 7.94. The predicted octanol–water partition coefficient (Wildman–Crippen LogP) is 3.19. The molecule has 0 saturated carbocycles. The number of aryl methyl sites for hydroxylation is 1. The molecule has 0 bridgehead atoms. The molecule has 1 aromatic rings. The molecule has 0 unspecified atom stereocenters. The predicted molar refractivity (Wildman–Crippen MR) is 61.0 cm³/mol. The zero-order valence-corrected chi connectivity index (χ0v) is 9.79. The van der Waals surface area contributed by atoms with E-state index in [2.05, 4.69) is 33.8 Å². The minimum Gasteiger partial charge on any atom is -0.479 e. The van der Waals surface area contributed by atoms with Crippen LogP contribution in [0, 0.1) is 18.3 Å². The van der Waals surface area contributed by atoms with Gasteiger partial charge < -0.3 is 4.74 Å². The van der Waals surface area contributed by atoms with E-state index in [1.165, 1.54) is 11.1 Å². The first-order valence-electron chi connectivity index (χ1n) is 5.06. The summed E-state index contributed by atoms with van der Waals surface area (Å²) in [4.78, 5) is 0. The Morgan fingerprint density at radius 2 is 2.00 bits per heavy atom. The molecular weight excluding hydrogens is 186 g/mol. The van der Waals surface area contributed by atoms with E-state index < -0.39 is 0 Å². The molecule has 0 N–H and O–H groups in total. The highest BCUT2D eigenvalue weighted by molar-refractivity contribution is 5.38. The maximum atomic E-state index is 8.41. The lowest BCUT2D eigenvalue weighted by Crippen LogP contribution is -2.12. The molecule has 0 fully saturated rings. The summed E-state index contributed by atoms with van der Waals surface area (Å²) >= 11 is 0. The number of hydrogen-bond donors (Lipinski definition) is 0. The van der Waals surface area contributed by atoms with Crippen LogP contribution in [-0.2, 0) is 5.41 Å². The number of ether oxygens (including phenoxy) is 1. The monoisotopic (exact) mass is 203 g/mol. The third-order valence-electron chi connectivity index (χ3n) is 2.31. The number of hydrogen-bond acceptors (Lipinski definition) is 2. The van der Waals surface area contributed by atoms with Gasteiger partial charge in [0.1, 0.15) is 11.8 Å². The molecule has 0 atom stereocenters. The average molecular weight is 203 g/mol. The van der Waals surface area contributed by atoms with E-state index in [1.54, 1.807) is 0 Å². The van der Waals surface area contributed by atoms with Gasteiger partial charge in [0, 0.05) is 0 Å². The first-order chi connectivity index (χ1) is 6.95. The fraction of sp³-hybridized carbons (Fsp3) is 0.462. The number of benzene rings is 1. The van der Waals surface area contributed by atoms with Crippen molar-refractivity contribution in [2.75, 3.05) is 6.61 Å². The first kappa shape index (κ1) is 11.6. The summed E-state index contributed by atoms with van der Waals surface area (Å²) in [5.74, 6) is 0.766. The van der Waals surface area contributed by atoms with Crippen molar-refractivity contribution in [2.24, 2.45) is 0 Å². The van der Waals surface area contributed by atoms with Gasteiger partial charge in [-0.1, -0.05) is 26.8 Å². The van der Waals surface area contributed by atoms with Crippen molar-refractivity contribution in [2.45, 2.75) is 33.1 Å². The molecule has 1 aromatic carbocycles. The Morgan fingerprint density at radius 1 is 1.33 bits per heavy atom. The molecule has 0 aromatic heterocycles. The topological polar surface area (TPSA) is 33.0 Å². The third-order valence-corrected chi connectivity index (χ3v) is 2.31. The van der Waals surface area contributed by atoms with Crippen LogP contribution >= 0.6 is 0 Å². The van der Waals surface area contributed by atoms with E-state index in [-0.39, 0.29) is 12.0 Å². The van der Waals surface area contributed by atoms with Crippen LogP contribution < -0.4 is 4.74 Å². The minimum atomic E-state index is 0.105. The van der Waals surface area contributed by atoms with Crippen molar-refractivity contribution in [1.82, 2.24) is 0 Å². The summed E-state index contributed by atoms with van der Waals surface area (Å²) in [6.45, 7) is 8.73. The van der Waals surface area contributed by atoms with E-state index in [0.29, 0.717) is 0 Å². The summed E-state index contributed by atoms with van der Waals surface area (Å²) in [5.41, 5.74) is 2.67. The van der Waals surface area contributed by atoms with Crippen molar-refractivity contribution in [3.63, 3.8) is 0 Å². The number of nitrogens with zero attached hydrogens (tertiary/aromatic N) is 1. The molecule has 15 heavy (non-hydrogen) atoms. The van der Waals surface area contributed by atoms with Crippen molar-refractivity contribution in [3.8, 4) is 11.8 Å². The Morgan fingerprint density at radius 3 is 2.47 bits per heavy atom. The first-order valence-corrected chi connectivity index (χ1v) is 5.06. The van der Waals surface area contributed by atoms with Gasteiger partial charge in [-0.15, -0.1) is 0 Å². The Bertz CT molecular complexity index is 383. The highest BCUT2D eigenvalue weighted by Gasteiger charge is 2.16. The molecule has 1 rings (SSSR count). The largest absolute Gasteiger partial charge is 0.479 e. The fourth-order valence-corrected chi connectivity index (χ4v) is 1.68. The second-order valence-corrected chi connectivity index (χ2v) is 4.67. The Kier molecular flexibility index (Phi) is 3.36. The smallest absolute Gasteiger partial charge is 0.174 e. The van der Waals surface area contributed by atoms with Gasteiger partial charge in [0.2, 0.25) is 0 Å². The van der Waals surface area contributed by atoms with Gasteiger partial charge in [0.05, 0.1) is 0 Å². The van der Waals surface area contributed by atoms with Crippen molar-refractivity contribution >= 4 is 0 Å². The summed E-state index contributed by atoms with van der Waals surface area (Å²) in [5, 5.41) is 8.41. The molecule has 0 radical (unpaired) electrons. The number of rotatable bonds is 2. The summed E-state index contributed by atoms with van der Waals surface area (Å²) in [7, 11) is 0. The lowest BCUT2D eigenvalue weighted by Gasteiger charge is -2.22. The van der Waals surface area contributed by atoms with E-state index in [1.807, 2.05) is 18.2 Å². The molecule has 0 heterocycles. The molecule has 0 saturated heterocycles. The SMILES string of the molecule is Cc1cc(OCC#N)ccc1C(C)(C)C. The van der Waals surface area contributed by atoms with Crippen LogP contribution in [0.4, 0.5) is 0 Å². The standard InChI is InChI=1S/C13H17NO/c1-10-9-11(15-8-7-14)5-6-12(10)13(2,3)4/h5-6,9H,8H2,1-4H3. The third kappa shape index (κ3) is 2.99. The van der Waals surface area contributed by atoms with Gasteiger partial charge in [-0.05, 0) is 35.6 Å². The van der Waals surface area contributed by atoms with Gasteiger partial charge in [-0.2, -0.15) is 5.26 Å². The lowest BCUT2D eigenvalue weighted by atomic mass is 9.84. The maximum absolute atomic E-state index is 8.41. The van der Waals surface area contributed by atoms with Crippen molar-refractivity contribution in [1.29, 1.82) is 5.26 Å². The van der Waals surface area contributed by atoms with Gasteiger partial charge in [-0.3, -0.25) is 0 Å². The average Bonchev–Trinajstić information content (AvgIpc) is 2.12. The quantitative estimate of drug-likeness (QED) is 0.739. The normalized spacial score (nSPS) is 10.9. The summed E-state index contributed by atoms with van der Waals surface area (Å²) < 4.78 is 5.24. The van der Waals surface area contributed by atoms with Crippen molar-refractivity contribution < 1.29 is 4.74 Å². The summed E-state index contributed by atoms with van der Waals surface area (Å²) in [6.07, 6.45) is 0. The molecule has 80 valence electrons. The Balaban J connectivity index is 2.94. The van der Waals surface area contributed by atoms with Crippen LogP contribution in [0.2, 0.25) is 0 Å². The van der Waals surface area contributed by atoms with Crippen LogP contribution in [0.5, 0.6) is 5.75 Å². The molecule has 2 nitrogen and oxygen atoms in total. The fourth-order valence-electron chi connectivity index (χ4n) is 1.68. The number of nitriles is 1. The van der Waals surface area contributed by atoms with Gasteiger partial charge in [0.15, 0.2) is 6.61 Å². The van der Waals surface area contributed by atoms with Gasteiger partial charge in [-0.25, -0.2) is 0 Å². The van der Waals surface area contributed by atoms with Crippen molar-refractivity contribution in [3.05, 3.63) is 29.3 Å². The molecular formula is C13H17NO. The highest BCUT2D eigenvalue weighted by atomic mass is 16.5. The second kappa shape index (κ2) is 4.35. The van der Waals surface area contributed by atoms with Crippen LogP contribution in [0.15, 0.2) is 18.2 Å². The molecule has 0 spiro atoms. The molecule has 0 aliphatic carbocycles. The van der Waals surface area contributed by atoms with E-state index in [4.69, 9.17) is 10.00 Å². The maximum Gasteiger partial charge on any atom is 0.174 e. The zero-order chi connectivity index (χ0) is 11.5. The molecule has 0 aliphatic rings. The molecule has 0 aliphatic heterocycles. The molecule has 2 heteroatoms. The highest BCUT2D eigenvalue weighted by Crippen LogP contribution is 2.28.